The first kappa shape index (κ1) is 26.0. The Hall–Kier alpha value is -3.64. The number of aryl methyl sites for hydroxylation is 2. The number of carbonyl (C=O) groups excluding carboxylic acids is 3. The summed E-state index contributed by atoms with van der Waals surface area (Å²) in [5.74, 6) is -0.344. The van der Waals surface area contributed by atoms with Gasteiger partial charge in [-0.1, -0.05) is 28.6 Å². The Morgan fingerprint density at radius 1 is 1.23 bits per heavy atom. The lowest BCUT2D eigenvalue weighted by molar-refractivity contribution is -0.116. The molecule has 0 aliphatic heterocycles. The van der Waals surface area contributed by atoms with Crippen molar-refractivity contribution in [1.82, 2.24) is 20.4 Å². The Balaban J connectivity index is 1.66. The molecule has 186 valence electrons. The second-order valence-electron chi connectivity index (χ2n) is 7.73. The first-order chi connectivity index (χ1) is 16.8. The van der Waals surface area contributed by atoms with Crippen molar-refractivity contribution in [2.75, 3.05) is 18.5 Å². The van der Waals surface area contributed by atoms with E-state index >= 15 is 0 Å². The number of hydrogen-bond donors (Lipinski definition) is 3. The van der Waals surface area contributed by atoms with E-state index in [1.165, 1.54) is 0 Å². The number of rotatable bonds is 11. The lowest BCUT2D eigenvalue weighted by Crippen LogP contribution is -2.38. The number of esters is 1. The van der Waals surface area contributed by atoms with Gasteiger partial charge in [0.1, 0.15) is 4.88 Å². The number of ether oxygens (including phenoxy) is 1. The second-order valence-corrected chi connectivity index (χ2v) is 8.72. The fraction of sp³-hybridized carbons (Fsp3) is 0.391. The highest BCUT2D eigenvalue weighted by Crippen LogP contribution is 2.24. The second kappa shape index (κ2) is 12.2. The minimum absolute atomic E-state index is 0.0167. The number of amides is 2. The van der Waals surface area contributed by atoms with Crippen LogP contribution < -0.4 is 16.4 Å². The molecule has 0 saturated heterocycles. The van der Waals surface area contributed by atoms with Crippen molar-refractivity contribution in [3.8, 4) is 11.4 Å². The first-order valence-electron chi connectivity index (χ1n) is 11.2. The standard InChI is InChI=1S/C23H28N6O5S/c1-4-33-22(32)19-13(2)25-23(35-19)28-18(30)12-17(9-6-10-24)27-21(31)16-8-5-7-15(11-16)20-26-14(3)34-29-20/h5,7-8,11,17H,4,6,9-10,12,24H2,1-3H3,(H,27,31)(H,25,28,30). The number of anilines is 1. The first-order valence-corrected chi connectivity index (χ1v) is 12.0. The number of aromatic nitrogens is 3. The summed E-state index contributed by atoms with van der Waals surface area (Å²) < 4.78 is 10.0. The fourth-order valence-electron chi connectivity index (χ4n) is 3.30. The van der Waals surface area contributed by atoms with E-state index in [9.17, 15) is 14.4 Å². The Morgan fingerprint density at radius 2 is 2.03 bits per heavy atom. The van der Waals surface area contributed by atoms with Gasteiger partial charge >= 0.3 is 5.97 Å². The average Bonchev–Trinajstić information content (AvgIpc) is 3.42. The van der Waals surface area contributed by atoms with Crippen LogP contribution in [0.25, 0.3) is 11.4 Å². The quantitative estimate of drug-likeness (QED) is 0.336. The van der Waals surface area contributed by atoms with Gasteiger partial charge in [0.25, 0.3) is 5.91 Å². The Kier molecular flexibility index (Phi) is 9.04. The van der Waals surface area contributed by atoms with E-state index in [0.29, 0.717) is 57.9 Å². The summed E-state index contributed by atoms with van der Waals surface area (Å²) in [6, 6.07) is 6.38. The molecule has 1 unspecified atom stereocenters. The maximum Gasteiger partial charge on any atom is 0.350 e. The molecule has 0 fully saturated rings. The van der Waals surface area contributed by atoms with Crippen LogP contribution >= 0.6 is 11.3 Å². The van der Waals surface area contributed by atoms with Crippen LogP contribution in [0.2, 0.25) is 0 Å². The molecule has 12 heteroatoms. The van der Waals surface area contributed by atoms with E-state index in [1.54, 1.807) is 45.0 Å². The van der Waals surface area contributed by atoms with Crippen molar-refractivity contribution in [3.63, 3.8) is 0 Å². The summed E-state index contributed by atoms with van der Waals surface area (Å²) in [5, 5.41) is 9.79. The van der Waals surface area contributed by atoms with E-state index in [1.807, 2.05) is 0 Å². The summed E-state index contributed by atoms with van der Waals surface area (Å²) in [6.07, 6.45) is 1.16. The zero-order valence-electron chi connectivity index (χ0n) is 19.8. The van der Waals surface area contributed by atoms with Crippen LogP contribution in [0.15, 0.2) is 28.8 Å². The van der Waals surface area contributed by atoms with Crippen LogP contribution in [0, 0.1) is 13.8 Å². The topological polar surface area (TPSA) is 162 Å². The summed E-state index contributed by atoms with van der Waals surface area (Å²) in [4.78, 5) is 46.4. The third kappa shape index (κ3) is 7.17. The van der Waals surface area contributed by atoms with Gasteiger partial charge < -0.3 is 25.6 Å². The normalized spacial score (nSPS) is 11.7. The lowest BCUT2D eigenvalue weighted by atomic mass is 10.1. The van der Waals surface area contributed by atoms with Crippen LogP contribution in [-0.2, 0) is 9.53 Å². The van der Waals surface area contributed by atoms with Crippen molar-refractivity contribution in [3.05, 3.63) is 46.3 Å². The zero-order chi connectivity index (χ0) is 25.4. The molecule has 2 aromatic heterocycles. The van der Waals surface area contributed by atoms with Gasteiger partial charge in [0.15, 0.2) is 5.13 Å². The molecular formula is C23H28N6O5S. The molecule has 2 heterocycles. The van der Waals surface area contributed by atoms with E-state index in [4.69, 9.17) is 15.0 Å². The van der Waals surface area contributed by atoms with Crippen molar-refractivity contribution < 1.29 is 23.6 Å². The predicted molar refractivity (Wildman–Crippen MR) is 130 cm³/mol. The smallest absolute Gasteiger partial charge is 0.350 e. The molecule has 0 aliphatic rings. The van der Waals surface area contributed by atoms with Crippen LogP contribution in [0.5, 0.6) is 0 Å². The van der Waals surface area contributed by atoms with Gasteiger partial charge in [0, 0.05) is 30.5 Å². The van der Waals surface area contributed by atoms with E-state index < -0.39 is 12.0 Å². The van der Waals surface area contributed by atoms with Gasteiger partial charge in [0.05, 0.1) is 12.3 Å². The number of hydrogen-bond acceptors (Lipinski definition) is 10. The molecule has 11 nitrogen and oxygen atoms in total. The third-order valence-electron chi connectivity index (χ3n) is 4.94. The zero-order valence-corrected chi connectivity index (χ0v) is 20.6. The van der Waals surface area contributed by atoms with Crippen LogP contribution in [0.3, 0.4) is 0 Å². The molecule has 0 saturated carbocycles. The fourth-order valence-corrected chi connectivity index (χ4v) is 4.18. The lowest BCUT2D eigenvalue weighted by Gasteiger charge is -2.18. The van der Waals surface area contributed by atoms with Crippen LogP contribution in [-0.4, -0.2) is 52.1 Å². The minimum atomic E-state index is -0.478. The molecule has 0 radical (unpaired) electrons. The molecular weight excluding hydrogens is 472 g/mol. The summed E-state index contributed by atoms with van der Waals surface area (Å²) in [7, 11) is 0. The SMILES string of the molecule is CCOC(=O)c1sc(NC(=O)CC(CCCN)NC(=O)c2cccc(-c3noc(C)n3)c2)nc1C. The number of nitrogens with zero attached hydrogens (tertiary/aromatic N) is 3. The molecule has 0 bridgehead atoms. The van der Waals surface area contributed by atoms with Crippen LogP contribution in [0.1, 0.15) is 57.8 Å². The molecule has 0 spiro atoms. The molecule has 0 aliphatic carbocycles. The largest absolute Gasteiger partial charge is 0.462 e. The highest BCUT2D eigenvalue weighted by molar-refractivity contribution is 7.17. The molecule has 4 N–H and O–H groups in total. The molecule has 2 amide bonds. The molecule has 3 aromatic rings. The van der Waals surface area contributed by atoms with E-state index in [-0.39, 0.29) is 24.8 Å². The number of nitrogens with one attached hydrogen (secondary N) is 2. The number of benzene rings is 1. The van der Waals surface area contributed by atoms with E-state index in [0.717, 1.165) is 11.3 Å². The molecule has 35 heavy (non-hydrogen) atoms. The maximum absolute atomic E-state index is 12.9. The Morgan fingerprint density at radius 3 is 2.71 bits per heavy atom. The van der Waals surface area contributed by atoms with Gasteiger partial charge in [-0.05, 0) is 45.4 Å². The van der Waals surface area contributed by atoms with Gasteiger partial charge in [-0.15, -0.1) is 0 Å². The summed E-state index contributed by atoms with van der Waals surface area (Å²) >= 11 is 1.05. The average molecular weight is 501 g/mol. The Bertz CT molecular complexity index is 1190. The number of carbonyl (C=O) groups is 3. The van der Waals surface area contributed by atoms with Gasteiger partial charge in [-0.2, -0.15) is 4.98 Å². The minimum Gasteiger partial charge on any atom is -0.462 e. The molecule has 3 rings (SSSR count). The summed E-state index contributed by atoms with van der Waals surface area (Å²) in [5.41, 5.74) is 7.17. The maximum atomic E-state index is 12.9. The van der Waals surface area contributed by atoms with Crippen molar-refractivity contribution >= 4 is 34.3 Å². The monoisotopic (exact) mass is 500 g/mol. The third-order valence-corrected chi connectivity index (χ3v) is 5.99. The predicted octanol–water partition coefficient (Wildman–Crippen LogP) is 2.85. The van der Waals surface area contributed by atoms with Crippen LogP contribution in [0.4, 0.5) is 5.13 Å². The highest BCUT2D eigenvalue weighted by atomic mass is 32.1. The van der Waals surface area contributed by atoms with Gasteiger partial charge in [-0.3, -0.25) is 9.59 Å². The van der Waals surface area contributed by atoms with Crippen molar-refractivity contribution in [2.45, 2.75) is 46.1 Å². The Labute approximate surface area is 206 Å². The number of thiazole rings is 1. The van der Waals surface area contributed by atoms with Gasteiger partial charge in [0.2, 0.25) is 17.6 Å². The number of nitrogens with two attached hydrogens (primary N) is 1. The molecule has 1 aromatic carbocycles. The van der Waals surface area contributed by atoms with Crippen molar-refractivity contribution in [1.29, 1.82) is 0 Å². The highest BCUT2D eigenvalue weighted by Gasteiger charge is 2.21. The van der Waals surface area contributed by atoms with E-state index in [2.05, 4.69) is 25.8 Å². The van der Waals surface area contributed by atoms with Crippen molar-refractivity contribution in [2.24, 2.45) is 5.73 Å². The summed E-state index contributed by atoms with van der Waals surface area (Å²) in [6.45, 7) is 5.75. The van der Waals surface area contributed by atoms with Gasteiger partial charge in [-0.25, -0.2) is 9.78 Å². The molecule has 1 atom stereocenters.